The van der Waals surface area contributed by atoms with E-state index < -0.39 is 0 Å². The van der Waals surface area contributed by atoms with Gasteiger partial charge in [-0.25, -0.2) is 0 Å². The minimum atomic E-state index is -0.249. The Bertz CT molecular complexity index is 952. The minimum Gasteiger partial charge on any atom is -0.377 e. The highest BCUT2D eigenvalue weighted by Crippen LogP contribution is 2.30. The van der Waals surface area contributed by atoms with Crippen molar-refractivity contribution in [2.24, 2.45) is 5.92 Å². The van der Waals surface area contributed by atoms with Crippen LogP contribution in [0.25, 0.3) is 0 Å². The number of nitrogens with zero attached hydrogens (tertiary/aromatic N) is 2. The summed E-state index contributed by atoms with van der Waals surface area (Å²) >= 11 is 6.19. The van der Waals surface area contributed by atoms with E-state index in [1.807, 2.05) is 51.0 Å². The number of hydrogen-bond donors (Lipinski definition) is 1. The van der Waals surface area contributed by atoms with Gasteiger partial charge in [-0.3, -0.25) is 9.59 Å². The number of nitrogens with one attached hydrogen (secondary N) is 1. The number of hydrogen-bond acceptors (Lipinski definition) is 3. The zero-order valence-corrected chi connectivity index (χ0v) is 20.3. The fourth-order valence-corrected chi connectivity index (χ4v) is 4.59. The molecule has 1 aliphatic carbocycles. The van der Waals surface area contributed by atoms with Crippen molar-refractivity contribution in [1.82, 2.24) is 4.90 Å². The molecule has 5 nitrogen and oxygen atoms in total. The highest BCUT2D eigenvalue weighted by molar-refractivity contribution is 6.34. The molecule has 0 bridgehead atoms. The van der Waals surface area contributed by atoms with Gasteiger partial charge in [0, 0.05) is 44.0 Å². The number of benzene rings is 2. The lowest BCUT2D eigenvalue weighted by Gasteiger charge is -2.36. The van der Waals surface area contributed by atoms with Crippen LogP contribution < -0.4 is 10.2 Å². The molecule has 2 amide bonds. The molecule has 1 aliphatic rings. The Kier molecular flexibility index (Phi) is 8.19. The Hall–Kier alpha value is -2.53. The van der Waals surface area contributed by atoms with Crippen molar-refractivity contribution < 1.29 is 9.59 Å². The van der Waals surface area contributed by atoms with Crippen LogP contribution in [-0.4, -0.2) is 36.9 Å². The Balaban J connectivity index is 1.89. The third-order valence-electron chi connectivity index (χ3n) is 6.07. The lowest BCUT2D eigenvalue weighted by molar-refractivity contribution is -0.138. The topological polar surface area (TPSA) is 52.7 Å². The second-order valence-corrected chi connectivity index (χ2v) is 9.49. The first kappa shape index (κ1) is 24.1. The molecular weight excluding hydrogens is 422 g/mol. The van der Waals surface area contributed by atoms with E-state index in [4.69, 9.17) is 11.6 Å². The molecule has 0 radical (unpaired) electrons. The van der Waals surface area contributed by atoms with E-state index in [0.29, 0.717) is 22.8 Å². The molecule has 3 rings (SSSR count). The SMILES string of the molecule is CC(C)C(=O)N(Cc1cc(NC(=O)c2ccccc2Cl)ccc1N(C)C)C1CCCCC1. The van der Waals surface area contributed by atoms with Gasteiger partial charge >= 0.3 is 0 Å². The Morgan fingerprint density at radius 2 is 1.75 bits per heavy atom. The van der Waals surface area contributed by atoms with Crippen molar-refractivity contribution in [1.29, 1.82) is 0 Å². The van der Waals surface area contributed by atoms with Crippen LogP contribution in [0.2, 0.25) is 5.02 Å². The fourth-order valence-electron chi connectivity index (χ4n) is 4.36. The van der Waals surface area contributed by atoms with Crippen molar-refractivity contribution in [2.45, 2.75) is 58.5 Å². The summed E-state index contributed by atoms with van der Waals surface area (Å²) in [6.07, 6.45) is 5.69. The second-order valence-electron chi connectivity index (χ2n) is 9.08. The quantitative estimate of drug-likeness (QED) is 0.559. The first-order chi connectivity index (χ1) is 15.3. The van der Waals surface area contributed by atoms with Gasteiger partial charge in [-0.2, -0.15) is 0 Å². The number of carbonyl (C=O) groups excluding carboxylic acids is 2. The van der Waals surface area contributed by atoms with E-state index in [0.717, 1.165) is 24.1 Å². The molecule has 1 saturated carbocycles. The Morgan fingerprint density at radius 3 is 2.38 bits per heavy atom. The van der Waals surface area contributed by atoms with Gasteiger partial charge in [0.05, 0.1) is 10.6 Å². The van der Waals surface area contributed by atoms with E-state index in [2.05, 4.69) is 10.2 Å². The molecule has 0 aliphatic heterocycles. The summed E-state index contributed by atoms with van der Waals surface area (Å²) in [6.45, 7) is 4.46. The van der Waals surface area contributed by atoms with Gasteiger partial charge in [0.1, 0.15) is 0 Å². The maximum absolute atomic E-state index is 13.1. The summed E-state index contributed by atoms with van der Waals surface area (Å²) < 4.78 is 0. The average Bonchev–Trinajstić information content (AvgIpc) is 2.77. The molecule has 0 saturated heterocycles. The summed E-state index contributed by atoms with van der Waals surface area (Å²) in [7, 11) is 3.99. The largest absolute Gasteiger partial charge is 0.377 e. The van der Waals surface area contributed by atoms with Crippen LogP contribution in [0.3, 0.4) is 0 Å². The molecule has 0 spiro atoms. The zero-order chi connectivity index (χ0) is 23.3. The zero-order valence-electron chi connectivity index (χ0n) is 19.5. The molecule has 172 valence electrons. The van der Waals surface area contributed by atoms with Crippen LogP contribution in [0.5, 0.6) is 0 Å². The van der Waals surface area contributed by atoms with E-state index in [1.165, 1.54) is 19.3 Å². The molecule has 1 N–H and O–H groups in total. The van der Waals surface area contributed by atoms with Gasteiger partial charge < -0.3 is 15.1 Å². The number of anilines is 2. The summed E-state index contributed by atoms with van der Waals surface area (Å²) in [5.41, 5.74) is 3.19. The van der Waals surface area contributed by atoms with E-state index in [9.17, 15) is 9.59 Å². The summed E-state index contributed by atoms with van der Waals surface area (Å²) in [6, 6.07) is 13.1. The molecule has 2 aromatic rings. The first-order valence-corrected chi connectivity index (χ1v) is 11.8. The van der Waals surface area contributed by atoms with Crippen LogP contribution >= 0.6 is 11.6 Å². The van der Waals surface area contributed by atoms with Crippen molar-refractivity contribution >= 4 is 34.8 Å². The monoisotopic (exact) mass is 455 g/mol. The predicted molar refractivity (Wildman–Crippen MR) is 132 cm³/mol. The average molecular weight is 456 g/mol. The maximum atomic E-state index is 13.1. The summed E-state index contributed by atoms with van der Waals surface area (Å²) in [4.78, 5) is 30.0. The number of rotatable bonds is 7. The van der Waals surface area contributed by atoms with Gasteiger partial charge in [0.2, 0.25) is 5.91 Å². The smallest absolute Gasteiger partial charge is 0.257 e. The van der Waals surface area contributed by atoms with Gasteiger partial charge in [-0.05, 0) is 48.7 Å². The number of halogens is 1. The van der Waals surface area contributed by atoms with E-state index in [1.54, 1.807) is 24.3 Å². The van der Waals surface area contributed by atoms with Gasteiger partial charge in [0.25, 0.3) is 5.91 Å². The van der Waals surface area contributed by atoms with Crippen molar-refractivity contribution in [3.8, 4) is 0 Å². The predicted octanol–water partition coefficient (Wildman–Crippen LogP) is 5.98. The minimum absolute atomic E-state index is 0.0529. The van der Waals surface area contributed by atoms with Crippen molar-refractivity contribution in [2.75, 3.05) is 24.3 Å². The van der Waals surface area contributed by atoms with Crippen LogP contribution in [-0.2, 0) is 11.3 Å². The lowest BCUT2D eigenvalue weighted by atomic mass is 9.92. The van der Waals surface area contributed by atoms with Crippen molar-refractivity contribution in [3.63, 3.8) is 0 Å². The Labute approximate surface area is 196 Å². The molecule has 0 heterocycles. The summed E-state index contributed by atoms with van der Waals surface area (Å²) in [5, 5.41) is 3.38. The van der Waals surface area contributed by atoms with Crippen LogP contribution in [0, 0.1) is 5.92 Å². The second kappa shape index (κ2) is 10.9. The third kappa shape index (κ3) is 5.83. The first-order valence-electron chi connectivity index (χ1n) is 11.4. The molecule has 1 fully saturated rings. The van der Waals surface area contributed by atoms with E-state index in [-0.39, 0.29) is 23.8 Å². The molecular formula is C26H34ClN3O2. The lowest BCUT2D eigenvalue weighted by Crippen LogP contribution is -2.43. The summed E-state index contributed by atoms with van der Waals surface area (Å²) in [5.74, 6) is -0.114. The van der Waals surface area contributed by atoms with Crippen LogP contribution in [0.1, 0.15) is 61.9 Å². The van der Waals surface area contributed by atoms with Crippen LogP contribution in [0.15, 0.2) is 42.5 Å². The van der Waals surface area contributed by atoms with Gasteiger partial charge in [0.15, 0.2) is 0 Å². The number of amides is 2. The molecule has 0 unspecified atom stereocenters. The normalized spacial score (nSPS) is 14.3. The molecule has 0 atom stereocenters. The third-order valence-corrected chi connectivity index (χ3v) is 6.40. The highest BCUT2D eigenvalue weighted by Gasteiger charge is 2.28. The molecule has 32 heavy (non-hydrogen) atoms. The Morgan fingerprint density at radius 1 is 1.06 bits per heavy atom. The molecule has 0 aromatic heterocycles. The highest BCUT2D eigenvalue weighted by atomic mass is 35.5. The standard InChI is InChI=1S/C26H34ClN3O2/c1-18(2)26(32)30(21-10-6-5-7-11-21)17-19-16-20(14-15-24(19)29(3)4)28-25(31)22-12-8-9-13-23(22)27/h8-9,12-16,18,21H,5-7,10-11,17H2,1-4H3,(H,28,31). The van der Waals surface area contributed by atoms with Gasteiger partial charge in [-0.1, -0.05) is 56.8 Å². The maximum Gasteiger partial charge on any atom is 0.257 e. The van der Waals surface area contributed by atoms with Crippen molar-refractivity contribution in [3.05, 3.63) is 58.6 Å². The van der Waals surface area contributed by atoms with Crippen LogP contribution in [0.4, 0.5) is 11.4 Å². The molecule has 6 heteroatoms. The number of carbonyl (C=O) groups is 2. The van der Waals surface area contributed by atoms with E-state index >= 15 is 0 Å². The molecule has 2 aromatic carbocycles. The fraction of sp³-hybridized carbons (Fsp3) is 0.462. The van der Waals surface area contributed by atoms with Gasteiger partial charge in [-0.15, -0.1) is 0 Å².